The molecule has 2 rings (SSSR count). The molecule has 0 amide bonds. The summed E-state index contributed by atoms with van der Waals surface area (Å²) in [5.74, 6) is 0.478. The molecule has 5 nitrogen and oxygen atoms in total. The number of aliphatic hydroxyl groups excluding tert-OH is 1. The number of rotatable bonds is 3. The summed E-state index contributed by atoms with van der Waals surface area (Å²) in [6.45, 7) is 0.0639. The van der Waals surface area contributed by atoms with Gasteiger partial charge in [0.1, 0.15) is 6.07 Å². The fourth-order valence-electron chi connectivity index (χ4n) is 2.31. The van der Waals surface area contributed by atoms with Gasteiger partial charge < -0.3 is 10.4 Å². The van der Waals surface area contributed by atoms with E-state index in [1.807, 2.05) is 6.07 Å². The molecule has 0 spiro atoms. The van der Waals surface area contributed by atoms with Crippen LogP contribution in [0, 0.1) is 11.3 Å². The second-order valence-corrected chi connectivity index (χ2v) is 4.49. The Labute approximate surface area is 101 Å². The summed E-state index contributed by atoms with van der Waals surface area (Å²) in [5.41, 5.74) is -0.0502. The van der Waals surface area contributed by atoms with Crippen molar-refractivity contribution in [3.63, 3.8) is 0 Å². The number of nitrogens with zero attached hydrogens (tertiary/aromatic N) is 3. The van der Waals surface area contributed by atoms with E-state index in [1.165, 1.54) is 12.6 Å². The Morgan fingerprint density at radius 2 is 2.00 bits per heavy atom. The van der Waals surface area contributed by atoms with Crippen LogP contribution in [-0.2, 0) is 0 Å². The summed E-state index contributed by atoms with van der Waals surface area (Å²) >= 11 is 0. The van der Waals surface area contributed by atoms with Crippen LogP contribution in [0.25, 0.3) is 0 Å². The number of nitriles is 1. The Morgan fingerprint density at radius 1 is 1.29 bits per heavy atom. The van der Waals surface area contributed by atoms with E-state index >= 15 is 0 Å². The van der Waals surface area contributed by atoms with Gasteiger partial charge >= 0.3 is 0 Å². The minimum absolute atomic E-state index is 0.0639. The zero-order valence-corrected chi connectivity index (χ0v) is 9.69. The Bertz CT molecular complexity index is 421. The molecule has 0 atom stereocenters. The lowest BCUT2D eigenvalue weighted by Gasteiger charge is -2.36. The maximum absolute atomic E-state index is 9.57. The van der Waals surface area contributed by atoms with Gasteiger partial charge in [0.15, 0.2) is 11.5 Å². The van der Waals surface area contributed by atoms with E-state index in [-0.39, 0.29) is 17.8 Å². The van der Waals surface area contributed by atoms with Crippen LogP contribution in [0.3, 0.4) is 0 Å². The molecule has 0 bridgehead atoms. The molecular formula is C12H16N4O. The van der Waals surface area contributed by atoms with E-state index in [1.54, 1.807) is 6.20 Å². The van der Waals surface area contributed by atoms with Crippen LogP contribution in [-0.4, -0.2) is 27.2 Å². The van der Waals surface area contributed by atoms with Gasteiger partial charge in [0.2, 0.25) is 0 Å². The molecule has 1 fully saturated rings. The smallest absolute Gasteiger partial charge is 0.182 e. The van der Waals surface area contributed by atoms with Crippen molar-refractivity contribution in [3.05, 3.63) is 18.1 Å². The van der Waals surface area contributed by atoms with Gasteiger partial charge in [0, 0.05) is 12.4 Å². The van der Waals surface area contributed by atoms with Crippen molar-refractivity contribution in [2.75, 3.05) is 11.9 Å². The summed E-state index contributed by atoms with van der Waals surface area (Å²) in [6, 6.07) is 2.01. The SMILES string of the molecule is N#Cc1nccnc1NC1(CO)CCCCC1. The number of nitrogens with one attached hydrogen (secondary N) is 1. The van der Waals surface area contributed by atoms with Crippen LogP contribution in [0.1, 0.15) is 37.8 Å². The molecule has 0 saturated heterocycles. The van der Waals surface area contributed by atoms with Crippen LogP contribution in [0.5, 0.6) is 0 Å². The van der Waals surface area contributed by atoms with Gasteiger partial charge in [0.25, 0.3) is 0 Å². The maximum Gasteiger partial charge on any atom is 0.182 e. The van der Waals surface area contributed by atoms with Crippen molar-refractivity contribution in [2.24, 2.45) is 0 Å². The van der Waals surface area contributed by atoms with E-state index in [2.05, 4.69) is 15.3 Å². The van der Waals surface area contributed by atoms with Gasteiger partial charge in [-0.05, 0) is 12.8 Å². The Balaban J connectivity index is 2.21. The first-order valence-electron chi connectivity index (χ1n) is 5.90. The molecule has 0 unspecified atom stereocenters. The molecular weight excluding hydrogens is 216 g/mol. The predicted molar refractivity (Wildman–Crippen MR) is 63.3 cm³/mol. The van der Waals surface area contributed by atoms with Crippen molar-refractivity contribution in [2.45, 2.75) is 37.6 Å². The molecule has 1 heterocycles. The molecule has 1 aromatic rings. The lowest BCUT2D eigenvalue weighted by molar-refractivity contribution is 0.172. The lowest BCUT2D eigenvalue weighted by atomic mass is 9.82. The normalized spacial score (nSPS) is 18.4. The monoisotopic (exact) mass is 232 g/mol. The van der Waals surface area contributed by atoms with Crippen LogP contribution >= 0.6 is 0 Å². The predicted octanol–water partition coefficient (Wildman–Crippen LogP) is 1.46. The number of hydrogen-bond donors (Lipinski definition) is 2. The van der Waals surface area contributed by atoms with Gasteiger partial charge in [-0.25, -0.2) is 9.97 Å². The molecule has 1 saturated carbocycles. The average molecular weight is 232 g/mol. The number of hydrogen-bond acceptors (Lipinski definition) is 5. The van der Waals surface area contributed by atoms with Crippen LogP contribution < -0.4 is 5.32 Å². The summed E-state index contributed by atoms with van der Waals surface area (Å²) in [6.07, 6.45) is 8.25. The number of aliphatic hydroxyl groups is 1. The highest BCUT2D eigenvalue weighted by Crippen LogP contribution is 2.31. The van der Waals surface area contributed by atoms with E-state index in [9.17, 15) is 5.11 Å². The van der Waals surface area contributed by atoms with Gasteiger partial charge in [-0.3, -0.25) is 0 Å². The molecule has 1 aromatic heterocycles. The Hall–Kier alpha value is -1.67. The lowest BCUT2D eigenvalue weighted by Crippen LogP contribution is -2.44. The van der Waals surface area contributed by atoms with Gasteiger partial charge in [-0.1, -0.05) is 19.3 Å². The summed E-state index contributed by atoms with van der Waals surface area (Å²) in [5, 5.41) is 21.7. The highest BCUT2D eigenvalue weighted by Gasteiger charge is 2.32. The molecule has 0 aromatic carbocycles. The summed E-state index contributed by atoms with van der Waals surface area (Å²) < 4.78 is 0. The van der Waals surface area contributed by atoms with Crippen LogP contribution in [0.2, 0.25) is 0 Å². The number of anilines is 1. The standard InChI is InChI=1S/C12H16N4O/c13-8-10-11(15-7-6-14-10)16-12(9-17)4-2-1-3-5-12/h6-7,17H,1-5,9H2,(H,15,16). The van der Waals surface area contributed by atoms with Gasteiger partial charge in [0.05, 0.1) is 12.1 Å². The van der Waals surface area contributed by atoms with Crippen molar-refractivity contribution in [1.29, 1.82) is 5.26 Å². The molecule has 90 valence electrons. The first-order valence-corrected chi connectivity index (χ1v) is 5.90. The highest BCUT2D eigenvalue weighted by molar-refractivity contribution is 5.48. The van der Waals surface area contributed by atoms with Crippen molar-refractivity contribution in [3.8, 4) is 6.07 Å². The van der Waals surface area contributed by atoms with Crippen molar-refractivity contribution < 1.29 is 5.11 Å². The molecule has 0 aliphatic heterocycles. The van der Waals surface area contributed by atoms with Gasteiger partial charge in [-0.15, -0.1) is 0 Å². The second-order valence-electron chi connectivity index (χ2n) is 4.49. The first kappa shape index (κ1) is 11.8. The number of aromatic nitrogens is 2. The second kappa shape index (κ2) is 5.11. The Kier molecular flexibility index (Phi) is 3.55. The molecule has 1 aliphatic rings. The third kappa shape index (κ3) is 2.53. The fraction of sp³-hybridized carbons (Fsp3) is 0.583. The Morgan fingerprint density at radius 3 is 2.65 bits per heavy atom. The third-order valence-corrected chi connectivity index (χ3v) is 3.30. The van der Waals surface area contributed by atoms with Crippen molar-refractivity contribution in [1.82, 2.24) is 9.97 Å². The average Bonchev–Trinajstić information content (AvgIpc) is 2.40. The van der Waals surface area contributed by atoms with Crippen molar-refractivity contribution >= 4 is 5.82 Å². The molecule has 2 N–H and O–H groups in total. The molecule has 0 radical (unpaired) electrons. The minimum atomic E-state index is -0.333. The minimum Gasteiger partial charge on any atom is -0.394 e. The topological polar surface area (TPSA) is 81.8 Å². The summed E-state index contributed by atoms with van der Waals surface area (Å²) in [4.78, 5) is 8.09. The third-order valence-electron chi connectivity index (χ3n) is 3.30. The quantitative estimate of drug-likeness (QED) is 0.824. The van der Waals surface area contributed by atoms with E-state index in [0.717, 1.165) is 25.7 Å². The van der Waals surface area contributed by atoms with E-state index in [4.69, 9.17) is 5.26 Å². The zero-order valence-electron chi connectivity index (χ0n) is 9.69. The largest absolute Gasteiger partial charge is 0.394 e. The molecule has 5 heteroatoms. The molecule has 1 aliphatic carbocycles. The van der Waals surface area contributed by atoms with Gasteiger partial charge in [-0.2, -0.15) is 5.26 Å². The summed E-state index contributed by atoms with van der Waals surface area (Å²) in [7, 11) is 0. The maximum atomic E-state index is 9.57. The van der Waals surface area contributed by atoms with E-state index < -0.39 is 0 Å². The van der Waals surface area contributed by atoms with E-state index in [0.29, 0.717) is 5.82 Å². The fourth-order valence-corrected chi connectivity index (χ4v) is 2.31. The highest BCUT2D eigenvalue weighted by atomic mass is 16.3. The molecule has 17 heavy (non-hydrogen) atoms. The zero-order chi connectivity index (χ0) is 12.1. The van der Waals surface area contributed by atoms with Crippen LogP contribution in [0.4, 0.5) is 5.82 Å². The first-order chi connectivity index (χ1) is 8.29. The van der Waals surface area contributed by atoms with Crippen LogP contribution in [0.15, 0.2) is 12.4 Å².